The van der Waals surface area contributed by atoms with Crippen molar-refractivity contribution in [2.75, 3.05) is 26.0 Å². The molecule has 0 spiro atoms. The quantitative estimate of drug-likeness (QED) is 0.163. The van der Waals surface area contributed by atoms with Gasteiger partial charge in [-0.25, -0.2) is 0 Å². The van der Waals surface area contributed by atoms with Gasteiger partial charge in [-0.1, -0.05) is 12.1 Å². The second-order valence-corrected chi connectivity index (χ2v) is 9.47. The number of aliphatic hydroxyl groups excluding tert-OH is 1. The number of nitrogens with one attached hydrogen (secondary N) is 2. The van der Waals surface area contributed by atoms with E-state index >= 15 is 0 Å². The fraction of sp³-hybridized carbons (Fsp3) is 0.440. The minimum absolute atomic E-state index is 0.0247. The van der Waals surface area contributed by atoms with E-state index in [9.17, 15) is 19.2 Å². The van der Waals surface area contributed by atoms with Crippen LogP contribution >= 0.6 is 11.8 Å². The van der Waals surface area contributed by atoms with Crippen molar-refractivity contribution in [1.29, 1.82) is 0 Å². The molecule has 0 radical (unpaired) electrons. The molecule has 3 atom stereocenters. The lowest BCUT2D eigenvalue weighted by Crippen LogP contribution is -2.49. The van der Waals surface area contributed by atoms with E-state index < -0.39 is 47.6 Å². The molecule has 38 heavy (non-hydrogen) atoms. The number of carbonyl (C=O) groups is 4. The van der Waals surface area contributed by atoms with Gasteiger partial charge in [-0.05, 0) is 42.7 Å². The maximum Gasteiger partial charge on any atom is 0.322 e. The normalized spacial score (nSPS) is 13.2. The number of furan rings is 1. The van der Waals surface area contributed by atoms with E-state index in [1.165, 1.54) is 11.8 Å². The van der Waals surface area contributed by atoms with E-state index in [-0.39, 0.29) is 25.2 Å². The molecule has 2 amide bonds. The van der Waals surface area contributed by atoms with Crippen LogP contribution in [-0.2, 0) is 25.6 Å². The Balaban J connectivity index is 2.23. The number of aryl methyl sites for hydroxylation is 1. The molecule has 1 unspecified atom stereocenters. The van der Waals surface area contributed by atoms with Crippen LogP contribution < -0.4 is 21.1 Å². The SMILES string of the molecule is COc1ccc(C(SC[C@H](NC(=O)CC[C@H](N)C(=O)O)C(=O)NCC(=O)O)c2ccc(CCCO)o2)cc1. The molecule has 0 aliphatic heterocycles. The summed E-state index contributed by atoms with van der Waals surface area (Å²) >= 11 is 1.29. The molecule has 0 saturated heterocycles. The summed E-state index contributed by atoms with van der Waals surface area (Å²) in [6.45, 7) is -0.606. The standard InChI is InChI=1S/C25H33N3O9S/c1-36-16-6-4-15(5-7-16)23(20-10-8-17(37-20)3-2-12-29)38-14-19(24(33)27-13-22(31)32)28-21(30)11-9-18(26)25(34)35/h4-8,10,18-19,23,29H,2-3,9,11-14,26H2,1H3,(H,27,33)(H,28,30)(H,31,32)(H,34,35)/t18-,19-,23?/m0/s1. The number of hydrogen-bond acceptors (Lipinski definition) is 9. The third-order valence-corrected chi connectivity index (χ3v) is 6.80. The molecule has 1 heterocycles. The zero-order valence-electron chi connectivity index (χ0n) is 20.9. The summed E-state index contributed by atoms with van der Waals surface area (Å²) in [5.74, 6) is -1.81. The maximum absolute atomic E-state index is 12.7. The van der Waals surface area contributed by atoms with Gasteiger partial charge in [-0.2, -0.15) is 0 Å². The predicted octanol–water partition coefficient (Wildman–Crippen LogP) is 0.913. The van der Waals surface area contributed by atoms with E-state index in [1.54, 1.807) is 25.3 Å². The number of carboxylic acids is 2. The number of ether oxygens (including phenoxy) is 1. The highest BCUT2D eigenvalue weighted by Crippen LogP contribution is 2.38. The fourth-order valence-corrected chi connectivity index (χ4v) is 4.64. The lowest BCUT2D eigenvalue weighted by Gasteiger charge is -2.21. The number of carboxylic acid groups (broad SMARTS) is 2. The molecule has 0 aliphatic carbocycles. The first-order chi connectivity index (χ1) is 18.1. The number of thioether (sulfide) groups is 1. The van der Waals surface area contributed by atoms with Crippen LogP contribution in [0.15, 0.2) is 40.8 Å². The Morgan fingerprint density at radius 3 is 2.42 bits per heavy atom. The predicted molar refractivity (Wildman–Crippen MR) is 139 cm³/mol. The van der Waals surface area contributed by atoms with Gasteiger partial charge >= 0.3 is 11.9 Å². The zero-order valence-corrected chi connectivity index (χ0v) is 21.7. The Kier molecular flexibility index (Phi) is 12.6. The van der Waals surface area contributed by atoms with Crippen LogP contribution in [0.3, 0.4) is 0 Å². The number of amides is 2. The van der Waals surface area contributed by atoms with Crippen molar-refractivity contribution in [3.63, 3.8) is 0 Å². The Labute approximate surface area is 223 Å². The van der Waals surface area contributed by atoms with Crippen LogP contribution in [0.4, 0.5) is 0 Å². The first kappa shape index (κ1) is 30.7. The van der Waals surface area contributed by atoms with Crippen molar-refractivity contribution in [2.45, 2.75) is 43.0 Å². The van der Waals surface area contributed by atoms with Crippen LogP contribution in [0, 0.1) is 0 Å². The van der Waals surface area contributed by atoms with Crippen molar-refractivity contribution in [3.8, 4) is 5.75 Å². The van der Waals surface area contributed by atoms with Crippen LogP contribution in [0.1, 0.15) is 41.6 Å². The third-order valence-electron chi connectivity index (χ3n) is 5.44. The topological polar surface area (TPSA) is 201 Å². The number of carbonyl (C=O) groups excluding carboxylic acids is 2. The molecule has 0 fully saturated rings. The molecule has 0 aliphatic rings. The van der Waals surface area contributed by atoms with Gasteiger partial charge in [0.2, 0.25) is 11.8 Å². The molecular weight excluding hydrogens is 518 g/mol. The third kappa shape index (κ3) is 10.1. The number of nitrogens with two attached hydrogens (primary N) is 1. The summed E-state index contributed by atoms with van der Waals surface area (Å²) < 4.78 is 11.2. The molecule has 1 aromatic carbocycles. The van der Waals surface area contributed by atoms with Gasteiger partial charge in [0.25, 0.3) is 0 Å². The van der Waals surface area contributed by atoms with Crippen LogP contribution in [-0.4, -0.2) is 77.2 Å². The highest BCUT2D eigenvalue weighted by Gasteiger charge is 2.26. The van der Waals surface area contributed by atoms with Crippen molar-refractivity contribution >= 4 is 35.5 Å². The Bertz CT molecular complexity index is 1070. The molecule has 13 heteroatoms. The molecule has 0 bridgehead atoms. The maximum atomic E-state index is 12.7. The van der Waals surface area contributed by atoms with Gasteiger partial charge < -0.3 is 40.8 Å². The van der Waals surface area contributed by atoms with Gasteiger partial charge in [-0.3, -0.25) is 19.2 Å². The second kappa shape index (κ2) is 15.6. The van der Waals surface area contributed by atoms with Crippen LogP contribution in [0.5, 0.6) is 5.75 Å². The van der Waals surface area contributed by atoms with Gasteiger partial charge in [0, 0.05) is 25.2 Å². The van der Waals surface area contributed by atoms with Crippen molar-refractivity contribution in [1.82, 2.24) is 10.6 Å². The van der Waals surface area contributed by atoms with Gasteiger partial charge in [0.05, 0.1) is 12.4 Å². The highest BCUT2D eigenvalue weighted by molar-refractivity contribution is 7.99. The van der Waals surface area contributed by atoms with Crippen LogP contribution in [0.2, 0.25) is 0 Å². The number of hydrogen-bond donors (Lipinski definition) is 6. The first-order valence-corrected chi connectivity index (χ1v) is 12.9. The summed E-state index contributed by atoms with van der Waals surface area (Å²) in [6, 6.07) is 8.53. The molecular formula is C25H33N3O9S. The minimum Gasteiger partial charge on any atom is -0.497 e. The monoisotopic (exact) mass is 551 g/mol. The second-order valence-electron chi connectivity index (χ2n) is 8.33. The Hall–Kier alpha value is -3.55. The first-order valence-electron chi connectivity index (χ1n) is 11.9. The number of aliphatic hydroxyl groups is 1. The number of aliphatic carboxylic acids is 2. The summed E-state index contributed by atoms with van der Waals surface area (Å²) in [5, 5.41) is 31.4. The van der Waals surface area contributed by atoms with E-state index in [1.807, 2.05) is 18.2 Å². The van der Waals surface area contributed by atoms with Gasteiger partial charge in [0.15, 0.2) is 0 Å². The summed E-state index contributed by atoms with van der Waals surface area (Å²) in [7, 11) is 1.55. The van der Waals surface area contributed by atoms with E-state index in [2.05, 4.69) is 10.6 Å². The Morgan fingerprint density at radius 2 is 1.82 bits per heavy atom. The van der Waals surface area contributed by atoms with Gasteiger partial charge in [0.1, 0.15) is 35.9 Å². The smallest absolute Gasteiger partial charge is 0.322 e. The summed E-state index contributed by atoms with van der Waals surface area (Å²) in [4.78, 5) is 47.1. The molecule has 1 aromatic heterocycles. The zero-order chi connectivity index (χ0) is 28.1. The lowest BCUT2D eigenvalue weighted by atomic mass is 10.1. The molecule has 7 N–H and O–H groups in total. The van der Waals surface area contributed by atoms with Crippen molar-refractivity contribution < 1.29 is 43.7 Å². The van der Waals surface area contributed by atoms with E-state index in [0.717, 1.165) is 5.56 Å². The number of benzene rings is 1. The van der Waals surface area contributed by atoms with Crippen molar-refractivity contribution in [3.05, 3.63) is 53.5 Å². The minimum atomic E-state index is -1.25. The highest BCUT2D eigenvalue weighted by atomic mass is 32.2. The van der Waals surface area contributed by atoms with Crippen LogP contribution in [0.25, 0.3) is 0 Å². The van der Waals surface area contributed by atoms with E-state index in [4.69, 9.17) is 30.2 Å². The average Bonchev–Trinajstić information content (AvgIpc) is 3.37. The largest absolute Gasteiger partial charge is 0.497 e. The Morgan fingerprint density at radius 1 is 1.11 bits per heavy atom. The lowest BCUT2D eigenvalue weighted by molar-refractivity contribution is -0.139. The molecule has 2 rings (SSSR count). The molecule has 2 aromatic rings. The molecule has 12 nitrogen and oxygen atoms in total. The average molecular weight is 552 g/mol. The molecule has 208 valence electrons. The van der Waals surface area contributed by atoms with Gasteiger partial charge in [-0.15, -0.1) is 11.8 Å². The van der Waals surface area contributed by atoms with Crippen molar-refractivity contribution in [2.24, 2.45) is 5.73 Å². The summed E-state index contributed by atoms with van der Waals surface area (Å²) in [5.41, 5.74) is 6.29. The number of rotatable bonds is 17. The fourth-order valence-electron chi connectivity index (χ4n) is 3.38. The number of methoxy groups -OCH3 is 1. The van der Waals surface area contributed by atoms with E-state index in [0.29, 0.717) is 30.1 Å². The summed E-state index contributed by atoms with van der Waals surface area (Å²) in [6.07, 6.45) is 0.729. The molecule has 0 saturated carbocycles.